The number of esters is 2. The van der Waals surface area contributed by atoms with Crippen LogP contribution in [0.25, 0.3) is 0 Å². The highest BCUT2D eigenvalue weighted by Gasteiger charge is 2.51. The van der Waals surface area contributed by atoms with E-state index < -0.39 is 29.7 Å². The monoisotopic (exact) mass is 430 g/mol. The summed E-state index contributed by atoms with van der Waals surface area (Å²) in [4.78, 5) is 26.0. The van der Waals surface area contributed by atoms with Gasteiger partial charge in [0.2, 0.25) is 0 Å². The topological polar surface area (TPSA) is 112 Å². The van der Waals surface area contributed by atoms with Crippen molar-refractivity contribution in [3.05, 3.63) is 47.0 Å². The Morgan fingerprint density at radius 1 is 0.839 bits per heavy atom. The summed E-state index contributed by atoms with van der Waals surface area (Å²) in [6.45, 7) is 3.63. The third-order valence-corrected chi connectivity index (χ3v) is 5.43. The van der Waals surface area contributed by atoms with Gasteiger partial charge in [-0.15, -0.1) is 0 Å². The van der Waals surface area contributed by atoms with Crippen LogP contribution in [-0.4, -0.2) is 49.6 Å². The lowest BCUT2D eigenvalue weighted by atomic mass is 9.82. The van der Waals surface area contributed by atoms with Crippen LogP contribution >= 0.6 is 0 Å². The molecule has 8 nitrogen and oxygen atoms in total. The average molecular weight is 430 g/mol. The van der Waals surface area contributed by atoms with Gasteiger partial charge in [0.1, 0.15) is 0 Å². The lowest BCUT2D eigenvalue weighted by Gasteiger charge is -2.23. The molecule has 0 spiro atoms. The number of methoxy groups -OCH3 is 2. The number of hydrogen-bond acceptors (Lipinski definition) is 8. The number of benzene rings is 2. The van der Waals surface area contributed by atoms with Crippen LogP contribution in [-0.2, 0) is 19.1 Å². The number of ether oxygens (including phenoxy) is 4. The number of carbonyl (C=O) groups excluding carboxylic acids is 2. The van der Waals surface area contributed by atoms with Crippen LogP contribution in [0, 0.1) is 5.92 Å². The van der Waals surface area contributed by atoms with Crippen molar-refractivity contribution in [2.45, 2.75) is 25.7 Å². The molecule has 3 unspecified atom stereocenters. The zero-order valence-corrected chi connectivity index (χ0v) is 17.9. The van der Waals surface area contributed by atoms with Crippen molar-refractivity contribution in [2.75, 3.05) is 27.4 Å². The van der Waals surface area contributed by atoms with Crippen molar-refractivity contribution in [1.29, 1.82) is 0 Å². The van der Waals surface area contributed by atoms with Crippen LogP contribution in [0.2, 0.25) is 0 Å². The van der Waals surface area contributed by atoms with E-state index in [0.29, 0.717) is 16.7 Å². The lowest BCUT2D eigenvalue weighted by molar-refractivity contribution is -0.156. The normalized spacial score (nSPS) is 19.4. The third-order valence-electron chi connectivity index (χ3n) is 5.43. The van der Waals surface area contributed by atoms with Crippen molar-refractivity contribution >= 4 is 11.9 Å². The highest BCUT2D eigenvalue weighted by atomic mass is 16.5. The van der Waals surface area contributed by atoms with Crippen molar-refractivity contribution in [3.8, 4) is 23.0 Å². The van der Waals surface area contributed by atoms with Gasteiger partial charge in [-0.25, -0.2) is 0 Å². The lowest BCUT2D eigenvalue weighted by Crippen LogP contribution is -2.30. The van der Waals surface area contributed by atoms with E-state index in [4.69, 9.17) is 18.9 Å². The molecule has 3 rings (SSSR count). The maximum absolute atomic E-state index is 13.1. The van der Waals surface area contributed by atoms with Gasteiger partial charge in [-0.2, -0.15) is 0 Å². The summed E-state index contributed by atoms with van der Waals surface area (Å²) >= 11 is 0. The van der Waals surface area contributed by atoms with E-state index in [-0.39, 0.29) is 36.2 Å². The maximum Gasteiger partial charge on any atom is 0.314 e. The van der Waals surface area contributed by atoms with E-state index in [1.165, 1.54) is 26.4 Å². The summed E-state index contributed by atoms with van der Waals surface area (Å²) in [6, 6.07) is 7.81. The number of hydrogen-bond donors (Lipinski definition) is 2. The molecule has 0 heterocycles. The molecule has 0 fully saturated rings. The predicted octanol–water partition coefficient (Wildman–Crippen LogP) is 3.09. The molecule has 8 heteroatoms. The molecule has 0 aromatic heterocycles. The molecule has 0 saturated carbocycles. The second kappa shape index (κ2) is 9.16. The Morgan fingerprint density at radius 2 is 1.45 bits per heavy atom. The molecule has 1 aliphatic carbocycles. The molecule has 2 aromatic carbocycles. The van der Waals surface area contributed by atoms with Crippen LogP contribution in [0.15, 0.2) is 30.3 Å². The van der Waals surface area contributed by atoms with Crippen molar-refractivity contribution in [2.24, 2.45) is 5.92 Å². The first kappa shape index (κ1) is 22.3. The number of phenolic OH excluding ortho intramolecular Hbond substituents is 2. The van der Waals surface area contributed by atoms with Crippen molar-refractivity contribution < 1.29 is 38.7 Å². The summed E-state index contributed by atoms with van der Waals surface area (Å²) < 4.78 is 20.9. The van der Waals surface area contributed by atoms with Gasteiger partial charge in [-0.05, 0) is 54.8 Å². The molecular weight excluding hydrogens is 404 g/mol. The van der Waals surface area contributed by atoms with Gasteiger partial charge in [0, 0.05) is 5.92 Å². The van der Waals surface area contributed by atoms with E-state index in [2.05, 4.69) is 0 Å². The van der Waals surface area contributed by atoms with Crippen LogP contribution in [0.5, 0.6) is 23.0 Å². The minimum atomic E-state index is -0.986. The summed E-state index contributed by atoms with van der Waals surface area (Å²) in [5, 5.41) is 20.7. The van der Waals surface area contributed by atoms with E-state index in [9.17, 15) is 19.8 Å². The summed E-state index contributed by atoms with van der Waals surface area (Å²) in [6.07, 6.45) is 0. The predicted molar refractivity (Wildman–Crippen MR) is 111 cm³/mol. The first-order chi connectivity index (χ1) is 14.9. The Balaban J connectivity index is 2.26. The highest BCUT2D eigenvalue weighted by molar-refractivity contribution is 5.90. The molecule has 166 valence electrons. The molecule has 0 amide bonds. The molecule has 2 N–H and O–H groups in total. The second-order valence-electron chi connectivity index (χ2n) is 7.07. The fourth-order valence-corrected chi connectivity index (χ4v) is 4.19. The average Bonchev–Trinajstić information content (AvgIpc) is 3.07. The fourth-order valence-electron chi connectivity index (χ4n) is 4.19. The molecule has 1 aliphatic rings. The molecule has 0 bridgehead atoms. The standard InChI is InChI=1S/C23H26O8/c1-5-30-22(26)20-13-10-16(25)18(29-4)11-14(13)19(21(20)23(27)31-6-2)12-7-8-17(28-3)15(24)9-12/h7-11,19-21,24-25H,5-6H2,1-4H3. The van der Waals surface area contributed by atoms with Gasteiger partial charge in [0.05, 0.1) is 39.3 Å². The summed E-state index contributed by atoms with van der Waals surface area (Å²) in [5.74, 6) is -3.52. The van der Waals surface area contributed by atoms with Gasteiger partial charge in [-0.3, -0.25) is 9.59 Å². The third kappa shape index (κ3) is 3.97. The van der Waals surface area contributed by atoms with E-state index in [1.807, 2.05) is 0 Å². The van der Waals surface area contributed by atoms with E-state index in [1.54, 1.807) is 32.0 Å². The number of rotatable bonds is 7. The maximum atomic E-state index is 13.1. The minimum absolute atomic E-state index is 0.102. The largest absolute Gasteiger partial charge is 0.504 e. The number of aromatic hydroxyl groups is 2. The minimum Gasteiger partial charge on any atom is -0.504 e. The zero-order chi connectivity index (χ0) is 22.7. The van der Waals surface area contributed by atoms with E-state index >= 15 is 0 Å². The SMILES string of the molecule is CCOC(=O)C1c2cc(O)c(OC)cc2C(c2ccc(OC)c(O)c2)C1C(=O)OCC. The molecular formula is C23H26O8. The van der Waals surface area contributed by atoms with Gasteiger partial charge in [-0.1, -0.05) is 6.07 Å². The molecule has 0 saturated heterocycles. The highest BCUT2D eigenvalue weighted by Crippen LogP contribution is 2.54. The zero-order valence-electron chi connectivity index (χ0n) is 17.9. The Morgan fingerprint density at radius 3 is 2.03 bits per heavy atom. The number of fused-ring (bicyclic) bond motifs is 1. The first-order valence-electron chi connectivity index (χ1n) is 9.98. The summed E-state index contributed by atoms with van der Waals surface area (Å²) in [5.41, 5.74) is 1.64. The van der Waals surface area contributed by atoms with Crippen LogP contribution in [0.1, 0.15) is 42.4 Å². The van der Waals surface area contributed by atoms with E-state index in [0.717, 1.165) is 0 Å². The quantitative estimate of drug-likeness (QED) is 0.645. The van der Waals surface area contributed by atoms with Gasteiger partial charge in [0.15, 0.2) is 23.0 Å². The van der Waals surface area contributed by atoms with Crippen molar-refractivity contribution in [1.82, 2.24) is 0 Å². The second-order valence-corrected chi connectivity index (χ2v) is 7.07. The Kier molecular flexibility index (Phi) is 6.58. The molecule has 3 atom stereocenters. The Labute approximate surface area is 180 Å². The number of carbonyl (C=O) groups is 2. The fraction of sp³-hybridized carbons (Fsp3) is 0.391. The Bertz CT molecular complexity index is 984. The molecule has 0 radical (unpaired) electrons. The Hall–Kier alpha value is -3.42. The molecule has 2 aromatic rings. The van der Waals surface area contributed by atoms with Crippen LogP contribution < -0.4 is 9.47 Å². The number of phenols is 2. The van der Waals surface area contributed by atoms with Gasteiger partial charge < -0.3 is 29.2 Å². The molecule has 0 aliphatic heterocycles. The van der Waals surface area contributed by atoms with Crippen LogP contribution in [0.4, 0.5) is 0 Å². The smallest absolute Gasteiger partial charge is 0.314 e. The van der Waals surface area contributed by atoms with Crippen LogP contribution in [0.3, 0.4) is 0 Å². The van der Waals surface area contributed by atoms with Crippen molar-refractivity contribution in [3.63, 3.8) is 0 Å². The van der Waals surface area contributed by atoms with Gasteiger partial charge >= 0.3 is 11.9 Å². The summed E-state index contributed by atoms with van der Waals surface area (Å²) in [7, 11) is 2.85. The first-order valence-corrected chi connectivity index (χ1v) is 9.98. The van der Waals surface area contributed by atoms with Gasteiger partial charge in [0.25, 0.3) is 0 Å². The molecule has 31 heavy (non-hydrogen) atoms.